The van der Waals surface area contributed by atoms with Crippen molar-refractivity contribution in [3.8, 4) is 0 Å². The first-order valence-corrected chi connectivity index (χ1v) is 6.52. The lowest BCUT2D eigenvalue weighted by atomic mass is 10.3. The van der Waals surface area contributed by atoms with Crippen molar-refractivity contribution in [1.82, 2.24) is 0 Å². The zero-order valence-electron chi connectivity index (χ0n) is 5.96. The van der Waals surface area contributed by atoms with Gasteiger partial charge in [0.25, 0.3) is 0 Å². The molecule has 1 nitrogen and oxygen atoms in total. The Morgan fingerprint density at radius 3 is 2.67 bits per heavy atom. The maximum atomic E-state index is 5.62. The fourth-order valence-corrected chi connectivity index (χ4v) is 3.89. The lowest BCUT2D eigenvalue weighted by Gasteiger charge is -2.11. The van der Waals surface area contributed by atoms with Gasteiger partial charge < -0.3 is 4.52 Å². The predicted molar refractivity (Wildman–Crippen MR) is 44.9 cm³/mol. The van der Waals surface area contributed by atoms with Crippen LogP contribution < -0.4 is 0 Å². The van der Waals surface area contributed by atoms with Gasteiger partial charge in [0.1, 0.15) is 0 Å². The molecule has 0 aromatic carbocycles. The molecule has 1 aliphatic rings. The van der Waals surface area contributed by atoms with Crippen molar-refractivity contribution < 1.29 is 4.52 Å². The van der Waals surface area contributed by atoms with Crippen LogP contribution in [0.3, 0.4) is 0 Å². The smallest absolute Gasteiger partial charge is 0.0676 e. The summed E-state index contributed by atoms with van der Waals surface area (Å²) in [5.41, 5.74) is 0. The van der Waals surface area contributed by atoms with Crippen LogP contribution >= 0.6 is 6.26 Å². The van der Waals surface area contributed by atoms with Gasteiger partial charge in [-0.3, -0.25) is 0 Å². The van der Waals surface area contributed by atoms with Crippen LogP contribution in [-0.4, -0.2) is 18.4 Å². The van der Waals surface area contributed by atoms with Crippen molar-refractivity contribution in [3.63, 3.8) is 0 Å². The van der Waals surface area contributed by atoms with Crippen molar-refractivity contribution in [2.45, 2.75) is 26.4 Å². The summed E-state index contributed by atoms with van der Waals surface area (Å²) in [5, 5.41) is 0. The summed E-state index contributed by atoms with van der Waals surface area (Å²) in [5.74, 6) is 0. The van der Waals surface area contributed by atoms with E-state index in [0.717, 1.165) is 6.16 Å². The monoisotopic (exact) mass is 164 g/mol. The molecular formula is C6H13OPS. The van der Waals surface area contributed by atoms with Crippen LogP contribution in [-0.2, 0) is 16.3 Å². The highest BCUT2D eigenvalue weighted by Crippen LogP contribution is 2.53. The average molecular weight is 164 g/mol. The summed E-state index contributed by atoms with van der Waals surface area (Å²) in [4.78, 5) is 0. The normalized spacial score (nSPS) is 43.6. The van der Waals surface area contributed by atoms with Gasteiger partial charge in [-0.1, -0.05) is 18.7 Å². The minimum Gasteiger partial charge on any atom is -0.348 e. The molecule has 0 N–H and O–H groups in total. The van der Waals surface area contributed by atoms with Gasteiger partial charge in [0.2, 0.25) is 0 Å². The topological polar surface area (TPSA) is 9.23 Å². The van der Waals surface area contributed by atoms with Crippen LogP contribution in [0.4, 0.5) is 0 Å². The first-order valence-electron chi connectivity index (χ1n) is 3.43. The van der Waals surface area contributed by atoms with Crippen molar-refractivity contribution in [1.29, 1.82) is 0 Å². The van der Waals surface area contributed by atoms with Crippen molar-refractivity contribution in [2.24, 2.45) is 0 Å². The molecular weight excluding hydrogens is 151 g/mol. The fourth-order valence-electron chi connectivity index (χ4n) is 1.04. The second kappa shape index (κ2) is 2.69. The molecule has 0 aliphatic carbocycles. The highest BCUT2D eigenvalue weighted by molar-refractivity contribution is 8.12. The van der Waals surface area contributed by atoms with Crippen LogP contribution in [0.25, 0.3) is 0 Å². The lowest BCUT2D eigenvalue weighted by molar-refractivity contribution is 0.273. The zero-order valence-corrected chi connectivity index (χ0v) is 7.67. The molecule has 9 heavy (non-hydrogen) atoms. The van der Waals surface area contributed by atoms with Gasteiger partial charge in [-0.25, -0.2) is 0 Å². The molecule has 0 unspecified atom stereocenters. The van der Waals surface area contributed by atoms with Crippen molar-refractivity contribution >= 4 is 18.1 Å². The molecule has 0 spiro atoms. The second-order valence-electron chi connectivity index (χ2n) is 2.56. The van der Waals surface area contributed by atoms with Crippen molar-refractivity contribution in [3.05, 3.63) is 0 Å². The molecule has 1 fully saturated rings. The van der Waals surface area contributed by atoms with E-state index >= 15 is 0 Å². The van der Waals surface area contributed by atoms with Crippen molar-refractivity contribution in [2.75, 3.05) is 12.3 Å². The third-order valence-electron chi connectivity index (χ3n) is 1.73. The average Bonchev–Trinajstić information content (AvgIpc) is 2.13. The molecule has 1 rings (SSSR count). The Hall–Kier alpha value is 0.610. The Labute approximate surface area is 61.9 Å². The van der Waals surface area contributed by atoms with Gasteiger partial charge >= 0.3 is 0 Å². The van der Waals surface area contributed by atoms with E-state index in [-0.39, 0.29) is 0 Å². The summed E-state index contributed by atoms with van der Waals surface area (Å²) in [6.45, 7) is 4.25. The van der Waals surface area contributed by atoms with Gasteiger partial charge in [-0.15, -0.1) is 0 Å². The highest BCUT2D eigenvalue weighted by atomic mass is 32.4. The molecule has 0 bridgehead atoms. The van der Waals surface area contributed by atoms with E-state index in [1.807, 2.05) is 0 Å². The number of rotatable bonds is 1. The Balaban J connectivity index is 2.55. The summed E-state index contributed by atoms with van der Waals surface area (Å²) >= 11 is 5.33. The zero-order chi connectivity index (χ0) is 6.91. The molecule has 0 radical (unpaired) electrons. The van der Waals surface area contributed by atoms with Gasteiger partial charge in [-0.05, 0) is 19.5 Å². The molecule has 1 aliphatic heterocycles. The van der Waals surface area contributed by atoms with Crippen LogP contribution in [0, 0.1) is 0 Å². The van der Waals surface area contributed by atoms with E-state index in [0.29, 0.717) is 6.10 Å². The third-order valence-corrected chi connectivity index (χ3v) is 5.96. The third kappa shape index (κ3) is 1.76. The molecule has 1 saturated heterocycles. The largest absolute Gasteiger partial charge is 0.348 e. The van der Waals surface area contributed by atoms with Gasteiger partial charge in [0.05, 0.1) is 12.4 Å². The van der Waals surface area contributed by atoms with E-state index in [4.69, 9.17) is 16.3 Å². The molecule has 54 valence electrons. The maximum Gasteiger partial charge on any atom is 0.0676 e. The highest BCUT2D eigenvalue weighted by Gasteiger charge is 2.26. The van der Waals surface area contributed by atoms with Gasteiger partial charge in [0.15, 0.2) is 0 Å². The molecule has 2 atom stereocenters. The minimum absolute atomic E-state index is 0.441. The Kier molecular flexibility index (Phi) is 2.31. The Bertz CT molecular complexity index is 146. The molecule has 0 aromatic rings. The molecule has 0 aromatic heterocycles. The minimum atomic E-state index is -1.27. The molecule has 1 heterocycles. The number of hydrogen-bond donors (Lipinski definition) is 0. The van der Waals surface area contributed by atoms with Crippen LogP contribution in [0.5, 0.6) is 0 Å². The van der Waals surface area contributed by atoms with Crippen LogP contribution in [0.2, 0.25) is 0 Å². The van der Waals surface area contributed by atoms with Gasteiger partial charge in [0, 0.05) is 6.16 Å². The second-order valence-corrected chi connectivity index (χ2v) is 7.48. The summed E-state index contributed by atoms with van der Waals surface area (Å²) < 4.78 is 5.62. The first kappa shape index (κ1) is 7.71. The Morgan fingerprint density at radius 2 is 2.44 bits per heavy atom. The molecule has 3 heteroatoms. The standard InChI is InChI=1S/C6H13OPS/c1-3-8(9)5-4-6(2)7-8/h6H,3-5H2,1-2H3/t6-,8-/m0/s1. The van der Waals surface area contributed by atoms with E-state index in [2.05, 4.69) is 13.8 Å². The predicted octanol–water partition coefficient (Wildman–Crippen LogP) is 2.21. The van der Waals surface area contributed by atoms with E-state index < -0.39 is 6.26 Å². The van der Waals surface area contributed by atoms with E-state index in [1.165, 1.54) is 12.6 Å². The number of hydrogen-bond acceptors (Lipinski definition) is 2. The van der Waals surface area contributed by atoms with E-state index in [1.54, 1.807) is 0 Å². The Morgan fingerprint density at radius 1 is 1.78 bits per heavy atom. The van der Waals surface area contributed by atoms with Gasteiger partial charge in [-0.2, -0.15) is 0 Å². The molecule has 0 amide bonds. The summed E-state index contributed by atoms with van der Waals surface area (Å²) in [7, 11) is 0. The SMILES string of the molecule is CC[P@]1(=S)CC[C@H](C)O1. The van der Waals surface area contributed by atoms with Crippen LogP contribution in [0.15, 0.2) is 0 Å². The lowest BCUT2D eigenvalue weighted by Crippen LogP contribution is -1.94. The summed E-state index contributed by atoms with van der Waals surface area (Å²) in [6.07, 6.45) is 2.60. The molecule has 0 saturated carbocycles. The quantitative estimate of drug-likeness (QED) is 0.549. The first-order chi connectivity index (χ1) is 4.16. The van der Waals surface area contributed by atoms with Crippen LogP contribution in [0.1, 0.15) is 20.3 Å². The van der Waals surface area contributed by atoms with E-state index in [9.17, 15) is 0 Å². The maximum absolute atomic E-state index is 5.62. The summed E-state index contributed by atoms with van der Waals surface area (Å²) in [6, 6.07) is 0. The fraction of sp³-hybridized carbons (Fsp3) is 1.00.